The van der Waals surface area contributed by atoms with Crippen LogP contribution < -0.4 is 0 Å². The monoisotopic (exact) mass is 666 g/mol. The number of furan rings is 1. The highest BCUT2D eigenvalue weighted by Gasteiger charge is 2.20. The molecule has 52 heavy (non-hydrogen) atoms. The van der Waals surface area contributed by atoms with Crippen LogP contribution in [0.5, 0.6) is 0 Å². The van der Waals surface area contributed by atoms with E-state index in [4.69, 9.17) is 19.4 Å². The lowest BCUT2D eigenvalue weighted by Crippen LogP contribution is -1.96. The Balaban J connectivity index is 1.08. The van der Waals surface area contributed by atoms with Gasteiger partial charge in [-0.25, -0.2) is 0 Å². The first-order valence-electron chi connectivity index (χ1n) is 17.4. The maximum Gasteiger partial charge on any atom is 0.135 e. The summed E-state index contributed by atoms with van der Waals surface area (Å²) < 4.78 is 13.1. The number of pyridine rings is 3. The number of fused-ring (bicyclic) bond motifs is 12. The minimum atomic E-state index is 0.879. The second-order valence-electron chi connectivity index (χ2n) is 13.3. The molecule has 12 aromatic rings. The van der Waals surface area contributed by atoms with Crippen LogP contribution >= 0.6 is 0 Å². The number of aromatic nitrogens is 6. The summed E-state index contributed by atoms with van der Waals surface area (Å²) in [5, 5.41) is 5.51. The molecule has 0 N–H and O–H groups in total. The van der Waals surface area contributed by atoms with Crippen molar-refractivity contribution in [2.45, 2.75) is 0 Å². The van der Waals surface area contributed by atoms with Gasteiger partial charge < -0.3 is 18.1 Å². The summed E-state index contributed by atoms with van der Waals surface area (Å²) >= 11 is 0. The Bertz CT molecular complexity index is 3380. The third kappa shape index (κ3) is 3.66. The minimum absolute atomic E-state index is 0.879. The van der Waals surface area contributed by atoms with Gasteiger partial charge in [0.1, 0.15) is 11.2 Å². The zero-order chi connectivity index (χ0) is 33.9. The minimum Gasteiger partial charge on any atom is -0.456 e. The lowest BCUT2D eigenvalue weighted by Gasteiger charge is -2.11. The van der Waals surface area contributed by atoms with Gasteiger partial charge in [0.05, 0.1) is 49.7 Å². The van der Waals surface area contributed by atoms with Gasteiger partial charge in [0, 0.05) is 62.6 Å². The third-order valence-electron chi connectivity index (χ3n) is 10.6. The van der Waals surface area contributed by atoms with Crippen LogP contribution in [0.1, 0.15) is 0 Å². The largest absolute Gasteiger partial charge is 0.456 e. The lowest BCUT2D eigenvalue weighted by atomic mass is 10.1. The Morgan fingerprint density at radius 2 is 0.750 bits per heavy atom. The van der Waals surface area contributed by atoms with E-state index >= 15 is 0 Å². The Morgan fingerprint density at radius 1 is 0.327 bits per heavy atom. The van der Waals surface area contributed by atoms with Crippen molar-refractivity contribution in [3.8, 4) is 17.1 Å². The van der Waals surface area contributed by atoms with Gasteiger partial charge in [-0.15, -0.1) is 0 Å². The third-order valence-corrected chi connectivity index (χ3v) is 10.6. The number of para-hydroxylation sites is 2. The molecule has 7 heterocycles. The molecular formula is C45H26N6O. The molecule has 0 unspecified atom stereocenters. The van der Waals surface area contributed by atoms with Crippen LogP contribution in [-0.2, 0) is 0 Å². The summed E-state index contributed by atoms with van der Waals surface area (Å²) in [5.41, 5.74) is 14.3. The molecule has 0 aliphatic heterocycles. The van der Waals surface area contributed by atoms with Crippen molar-refractivity contribution >= 4 is 87.7 Å². The first kappa shape index (κ1) is 27.6. The number of rotatable bonds is 3. The topological polar surface area (TPSA) is 66.6 Å². The van der Waals surface area contributed by atoms with Gasteiger partial charge >= 0.3 is 0 Å². The van der Waals surface area contributed by atoms with Crippen LogP contribution in [0.3, 0.4) is 0 Å². The molecule has 0 aliphatic rings. The molecule has 0 spiro atoms. The van der Waals surface area contributed by atoms with E-state index in [1.807, 2.05) is 48.9 Å². The van der Waals surface area contributed by atoms with Gasteiger partial charge in [0.2, 0.25) is 0 Å². The average molecular weight is 667 g/mol. The molecule has 7 heteroatoms. The van der Waals surface area contributed by atoms with E-state index in [9.17, 15) is 0 Å². The van der Waals surface area contributed by atoms with Gasteiger partial charge in [-0.2, -0.15) is 0 Å². The van der Waals surface area contributed by atoms with Crippen LogP contribution in [0.15, 0.2) is 163 Å². The summed E-state index contributed by atoms with van der Waals surface area (Å²) in [6.07, 6.45) is 5.62. The Morgan fingerprint density at radius 3 is 1.35 bits per heavy atom. The fraction of sp³-hybridized carbons (Fsp3) is 0. The number of hydrogen-bond donors (Lipinski definition) is 0. The van der Waals surface area contributed by atoms with Gasteiger partial charge in [0.15, 0.2) is 0 Å². The molecule has 5 aromatic carbocycles. The zero-order valence-electron chi connectivity index (χ0n) is 27.6. The molecule has 7 aromatic heterocycles. The first-order valence-corrected chi connectivity index (χ1v) is 17.4. The summed E-state index contributed by atoms with van der Waals surface area (Å²) in [5.74, 6) is 0. The Labute approximate surface area is 295 Å². The maximum atomic E-state index is 6.16. The highest BCUT2D eigenvalue weighted by Crippen LogP contribution is 2.39. The van der Waals surface area contributed by atoms with Crippen molar-refractivity contribution < 1.29 is 4.42 Å². The summed E-state index contributed by atoms with van der Waals surface area (Å²) in [6, 6.07) is 49.0. The fourth-order valence-electron chi connectivity index (χ4n) is 8.40. The summed E-state index contributed by atoms with van der Waals surface area (Å²) in [7, 11) is 0. The Kier molecular flexibility index (Phi) is 5.38. The lowest BCUT2D eigenvalue weighted by molar-refractivity contribution is 0.669. The fourth-order valence-corrected chi connectivity index (χ4v) is 8.40. The quantitative estimate of drug-likeness (QED) is 0.188. The van der Waals surface area contributed by atoms with E-state index < -0.39 is 0 Å². The normalized spacial score (nSPS) is 12.2. The molecule has 7 nitrogen and oxygen atoms in total. The predicted molar refractivity (Wildman–Crippen MR) is 210 cm³/mol. The molecule has 0 radical (unpaired) electrons. The van der Waals surface area contributed by atoms with E-state index in [0.717, 1.165) is 105 Å². The van der Waals surface area contributed by atoms with Crippen molar-refractivity contribution in [1.29, 1.82) is 0 Å². The van der Waals surface area contributed by atoms with Gasteiger partial charge in [-0.05, 0) is 103 Å². The molecule has 0 atom stereocenters. The van der Waals surface area contributed by atoms with Crippen LogP contribution in [0.25, 0.3) is 105 Å². The molecule has 0 aliphatic carbocycles. The molecule has 0 saturated heterocycles. The van der Waals surface area contributed by atoms with Crippen molar-refractivity contribution in [1.82, 2.24) is 28.7 Å². The van der Waals surface area contributed by atoms with E-state index in [1.165, 1.54) is 0 Å². The van der Waals surface area contributed by atoms with E-state index in [-0.39, 0.29) is 0 Å². The summed E-state index contributed by atoms with van der Waals surface area (Å²) in [4.78, 5) is 14.6. The van der Waals surface area contributed by atoms with Gasteiger partial charge in [-0.1, -0.05) is 36.4 Å². The second kappa shape index (κ2) is 10.2. The number of nitrogens with zero attached hydrogens (tertiary/aromatic N) is 6. The van der Waals surface area contributed by atoms with E-state index in [2.05, 4.69) is 123 Å². The van der Waals surface area contributed by atoms with Crippen molar-refractivity contribution in [3.63, 3.8) is 0 Å². The second-order valence-corrected chi connectivity index (χ2v) is 13.3. The van der Waals surface area contributed by atoms with E-state index in [1.54, 1.807) is 0 Å². The van der Waals surface area contributed by atoms with Crippen molar-refractivity contribution in [2.75, 3.05) is 0 Å². The van der Waals surface area contributed by atoms with Crippen molar-refractivity contribution in [2.24, 2.45) is 0 Å². The highest BCUT2D eigenvalue weighted by atomic mass is 16.3. The molecule has 0 amide bonds. The molecule has 242 valence electrons. The standard InChI is InChI=1S/C45H26N6O/c1-3-10-35-31(9-1)43-38(11-5-21-46-43)49(35)27-15-18-36-33(25-27)44-39(12-6-22-47-44)50(36)28-16-19-37-34(26-28)45-40(13-7-23-48-45)51(37)29-17-20-42-32(24-29)30-8-2-4-14-41(30)52-42/h1-26H. The van der Waals surface area contributed by atoms with Crippen LogP contribution in [-0.4, -0.2) is 28.7 Å². The number of benzene rings is 5. The molecule has 0 bridgehead atoms. The molecule has 0 saturated carbocycles. The van der Waals surface area contributed by atoms with Crippen LogP contribution in [0, 0.1) is 0 Å². The van der Waals surface area contributed by atoms with E-state index in [0.29, 0.717) is 0 Å². The molecule has 12 rings (SSSR count). The smallest absolute Gasteiger partial charge is 0.135 e. The zero-order valence-corrected chi connectivity index (χ0v) is 27.6. The molecular weight excluding hydrogens is 641 g/mol. The van der Waals surface area contributed by atoms with Crippen LogP contribution in [0.2, 0.25) is 0 Å². The van der Waals surface area contributed by atoms with Crippen LogP contribution in [0.4, 0.5) is 0 Å². The van der Waals surface area contributed by atoms with Gasteiger partial charge in [0.25, 0.3) is 0 Å². The summed E-state index contributed by atoms with van der Waals surface area (Å²) in [6.45, 7) is 0. The number of hydrogen-bond acceptors (Lipinski definition) is 4. The highest BCUT2D eigenvalue weighted by molar-refractivity contribution is 6.12. The molecule has 0 fully saturated rings. The van der Waals surface area contributed by atoms with Gasteiger partial charge in [-0.3, -0.25) is 15.0 Å². The SMILES string of the molecule is c1ccc2c(c1)oc1ccc(-n3c4ccc(-n5c6ccc(-n7c8ccccc8c8ncccc87)cc6c6ncccc65)cc4c4ncccc43)cc12. The predicted octanol–water partition coefficient (Wildman–Crippen LogP) is 11.1. The first-order chi connectivity index (χ1) is 25.8. The average Bonchev–Trinajstić information content (AvgIpc) is 3.93. The Hall–Kier alpha value is -7.25. The van der Waals surface area contributed by atoms with Crippen molar-refractivity contribution in [3.05, 3.63) is 158 Å². The maximum absolute atomic E-state index is 6.16.